The Kier molecular flexibility index (Phi) is 13.8. The molecule has 1 aromatic rings. The molecule has 0 aliphatic carbocycles. The van der Waals surface area contributed by atoms with Crippen LogP contribution in [0.5, 0.6) is 0 Å². The van der Waals surface area contributed by atoms with Crippen LogP contribution in [0.1, 0.15) is 77.6 Å². The maximum atomic E-state index is 2.33. The van der Waals surface area contributed by atoms with Crippen molar-refractivity contribution in [1.82, 2.24) is 4.48 Å². The van der Waals surface area contributed by atoms with Gasteiger partial charge >= 0.3 is 0 Å². The molecule has 0 fully saturated rings. The zero-order valence-electron chi connectivity index (χ0n) is 15.7. The maximum absolute atomic E-state index is 2.33. The maximum Gasteiger partial charge on any atom is 0.132 e. The Bertz CT molecular complexity index is 361. The van der Waals surface area contributed by atoms with Crippen LogP contribution in [0.25, 0.3) is 0 Å². The Morgan fingerprint density at radius 1 is 0.652 bits per heavy atom. The summed E-state index contributed by atoms with van der Waals surface area (Å²) in [6.45, 7) is 3.54. The van der Waals surface area contributed by atoms with Crippen molar-refractivity contribution in [1.29, 1.82) is 0 Å². The van der Waals surface area contributed by atoms with Crippen molar-refractivity contribution >= 4 is 5.69 Å². The number of nitrogens with zero attached hydrogens (tertiary/aromatic N) is 1. The second-order valence-corrected chi connectivity index (χ2v) is 7.28. The van der Waals surface area contributed by atoms with E-state index in [-0.39, 0.29) is 17.0 Å². The van der Waals surface area contributed by atoms with Gasteiger partial charge in [-0.1, -0.05) is 82.9 Å². The Hall–Kier alpha value is -0.340. The minimum absolute atomic E-state index is 0. The number of benzene rings is 1. The number of unbranched alkanes of at least 4 members (excludes halogenated alkanes) is 10. The van der Waals surface area contributed by atoms with Crippen LogP contribution in [-0.2, 0) is 0 Å². The van der Waals surface area contributed by atoms with E-state index in [1.165, 1.54) is 82.9 Å². The molecule has 0 N–H and O–H groups in total. The minimum Gasteiger partial charge on any atom is -1.00 e. The molecule has 0 radical (unpaired) electrons. The second-order valence-electron chi connectivity index (χ2n) is 7.28. The molecule has 0 atom stereocenters. The summed E-state index contributed by atoms with van der Waals surface area (Å²) in [6.07, 6.45) is 15.6. The molecule has 0 aliphatic rings. The summed E-state index contributed by atoms with van der Waals surface area (Å²) in [5, 5.41) is 0. The van der Waals surface area contributed by atoms with Gasteiger partial charge in [0.05, 0.1) is 20.6 Å². The van der Waals surface area contributed by atoms with Crippen LogP contribution < -0.4 is 21.5 Å². The molecular weight excluding hydrogens is 346 g/mol. The lowest BCUT2D eigenvalue weighted by Crippen LogP contribution is -3.00. The highest BCUT2D eigenvalue weighted by Gasteiger charge is 2.17. The second kappa shape index (κ2) is 14.0. The highest BCUT2D eigenvalue weighted by Crippen LogP contribution is 2.19. The van der Waals surface area contributed by atoms with E-state index < -0.39 is 0 Å². The third-order valence-corrected chi connectivity index (χ3v) is 4.78. The molecule has 1 aromatic carbocycles. The van der Waals surface area contributed by atoms with Crippen LogP contribution in [0.4, 0.5) is 5.69 Å². The molecule has 0 saturated heterocycles. The Morgan fingerprint density at radius 2 is 1.09 bits per heavy atom. The molecular formula is C21H38BrN. The quantitative estimate of drug-likeness (QED) is 0.360. The van der Waals surface area contributed by atoms with Gasteiger partial charge in [-0.15, -0.1) is 0 Å². The molecule has 0 bridgehead atoms. The van der Waals surface area contributed by atoms with Crippen molar-refractivity contribution in [2.24, 2.45) is 0 Å². The summed E-state index contributed by atoms with van der Waals surface area (Å²) in [6, 6.07) is 10.9. The van der Waals surface area contributed by atoms with E-state index in [4.69, 9.17) is 0 Å². The van der Waals surface area contributed by atoms with Crippen LogP contribution >= 0.6 is 0 Å². The summed E-state index contributed by atoms with van der Waals surface area (Å²) < 4.78 is 1.01. The number of quaternary nitrogens is 1. The van der Waals surface area contributed by atoms with E-state index in [9.17, 15) is 0 Å². The van der Waals surface area contributed by atoms with Gasteiger partial charge in [0.1, 0.15) is 5.69 Å². The van der Waals surface area contributed by atoms with E-state index in [0.29, 0.717) is 0 Å². The predicted molar refractivity (Wildman–Crippen MR) is 101 cm³/mol. The molecule has 0 amide bonds. The fourth-order valence-electron chi connectivity index (χ4n) is 3.13. The first-order chi connectivity index (χ1) is 10.7. The summed E-state index contributed by atoms with van der Waals surface area (Å²) >= 11 is 0. The molecule has 1 rings (SSSR count). The van der Waals surface area contributed by atoms with E-state index in [1.54, 1.807) is 0 Å². The SMILES string of the molecule is CCCCCCCCCCCCC[N+](C)(C)c1ccccc1.[Br-]. The number of rotatable bonds is 13. The van der Waals surface area contributed by atoms with Gasteiger partial charge in [0.25, 0.3) is 0 Å². The van der Waals surface area contributed by atoms with Crippen molar-refractivity contribution in [2.75, 3.05) is 20.6 Å². The number of hydrogen-bond donors (Lipinski definition) is 0. The Morgan fingerprint density at radius 3 is 1.57 bits per heavy atom. The largest absolute Gasteiger partial charge is 1.00 e. The third-order valence-electron chi connectivity index (χ3n) is 4.78. The molecule has 134 valence electrons. The minimum atomic E-state index is 0. The lowest BCUT2D eigenvalue weighted by Gasteiger charge is -2.29. The highest BCUT2D eigenvalue weighted by molar-refractivity contribution is 5.40. The molecule has 0 spiro atoms. The van der Waals surface area contributed by atoms with Crippen LogP contribution in [0.15, 0.2) is 30.3 Å². The predicted octanol–water partition coefficient (Wildman–Crippen LogP) is 3.57. The average molecular weight is 384 g/mol. The van der Waals surface area contributed by atoms with Gasteiger partial charge < -0.3 is 17.0 Å². The van der Waals surface area contributed by atoms with Crippen molar-refractivity contribution in [3.63, 3.8) is 0 Å². The van der Waals surface area contributed by atoms with Crippen molar-refractivity contribution in [3.8, 4) is 0 Å². The number of para-hydroxylation sites is 1. The van der Waals surface area contributed by atoms with Gasteiger partial charge in [-0.3, -0.25) is 4.48 Å². The van der Waals surface area contributed by atoms with Crippen LogP contribution in [-0.4, -0.2) is 20.6 Å². The van der Waals surface area contributed by atoms with Crippen LogP contribution in [0.3, 0.4) is 0 Å². The molecule has 0 unspecified atom stereocenters. The monoisotopic (exact) mass is 383 g/mol. The van der Waals surface area contributed by atoms with Gasteiger partial charge in [0.15, 0.2) is 0 Å². The summed E-state index contributed by atoms with van der Waals surface area (Å²) in [4.78, 5) is 0. The fraction of sp³-hybridized carbons (Fsp3) is 0.714. The van der Waals surface area contributed by atoms with Crippen molar-refractivity contribution in [3.05, 3.63) is 30.3 Å². The summed E-state index contributed by atoms with van der Waals surface area (Å²) in [5.41, 5.74) is 1.43. The highest BCUT2D eigenvalue weighted by atomic mass is 79.9. The summed E-state index contributed by atoms with van der Waals surface area (Å²) in [5.74, 6) is 0. The zero-order valence-corrected chi connectivity index (χ0v) is 17.3. The van der Waals surface area contributed by atoms with Crippen LogP contribution in [0, 0.1) is 0 Å². The number of halogens is 1. The first-order valence-electron chi connectivity index (χ1n) is 9.55. The molecule has 23 heavy (non-hydrogen) atoms. The normalized spacial score (nSPS) is 11.3. The van der Waals surface area contributed by atoms with Gasteiger partial charge in [0, 0.05) is 0 Å². The Balaban J connectivity index is 0.00000484. The van der Waals surface area contributed by atoms with E-state index in [2.05, 4.69) is 51.4 Å². The first kappa shape index (κ1) is 22.7. The van der Waals surface area contributed by atoms with E-state index in [1.807, 2.05) is 0 Å². The summed E-state index contributed by atoms with van der Waals surface area (Å²) in [7, 11) is 4.65. The molecule has 0 heterocycles. The molecule has 2 heteroatoms. The average Bonchev–Trinajstić information content (AvgIpc) is 2.53. The first-order valence-corrected chi connectivity index (χ1v) is 9.55. The molecule has 0 saturated carbocycles. The Labute approximate surface area is 155 Å². The fourth-order valence-corrected chi connectivity index (χ4v) is 3.13. The molecule has 1 nitrogen and oxygen atoms in total. The van der Waals surface area contributed by atoms with Gasteiger partial charge in [-0.2, -0.15) is 0 Å². The van der Waals surface area contributed by atoms with E-state index in [0.717, 1.165) is 4.48 Å². The van der Waals surface area contributed by atoms with Crippen LogP contribution in [0.2, 0.25) is 0 Å². The van der Waals surface area contributed by atoms with Gasteiger partial charge in [-0.25, -0.2) is 0 Å². The van der Waals surface area contributed by atoms with Gasteiger partial charge in [-0.05, 0) is 25.0 Å². The lowest BCUT2D eigenvalue weighted by molar-refractivity contribution is -0.00000494. The lowest BCUT2D eigenvalue weighted by atomic mass is 10.1. The molecule has 0 aromatic heterocycles. The third kappa shape index (κ3) is 10.9. The van der Waals surface area contributed by atoms with Crippen molar-refractivity contribution in [2.45, 2.75) is 77.6 Å². The topological polar surface area (TPSA) is 0 Å². The standard InChI is InChI=1S/C21H38N.BrH/c1-4-5-6-7-8-9-10-11-12-13-17-20-22(2,3)21-18-15-14-16-19-21;/h14-16,18-19H,4-13,17,20H2,1-3H3;1H/q+1;/p-1. The smallest absolute Gasteiger partial charge is 0.132 e. The molecule has 0 aliphatic heterocycles. The number of hydrogen-bond acceptors (Lipinski definition) is 0. The zero-order chi connectivity index (χ0) is 16.1. The van der Waals surface area contributed by atoms with Crippen molar-refractivity contribution < 1.29 is 17.0 Å². The van der Waals surface area contributed by atoms with Gasteiger partial charge in [0.2, 0.25) is 0 Å². The van der Waals surface area contributed by atoms with E-state index >= 15 is 0 Å².